The molecular formula is C23H24N2O4. The summed E-state index contributed by atoms with van der Waals surface area (Å²) in [6.07, 6.45) is 2.25. The van der Waals surface area contributed by atoms with Crippen molar-refractivity contribution in [3.63, 3.8) is 0 Å². The number of rotatable bonds is 2. The number of piperidine rings is 1. The summed E-state index contributed by atoms with van der Waals surface area (Å²) in [5.41, 5.74) is 2.16. The summed E-state index contributed by atoms with van der Waals surface area (Å²) in [6.45, 7) is 3.48. The topological polar surface area (TPSA) is 51.2 Å². The maximum absolute atomic E-state index is 14.0. The van der Waals surface area contributed by atoms with Crippen LogP contribution < -0.4 is 19.1 Å². The van der Waals surface area contributed by atoms with Crippen molar-refractivity contribution in [1.29, 1.82) is 0 Å². The Morgan fingerprint density at radius 2 is 1.76 bits per heavy atom. The lowest BCUT2D eigenvalue weighted by Crippen LogP contribution is -2.45. The lowest BCUT2D eigenvalue weighted by molar-refractivity contribution is -0.122. The Kier molecular flexibility index (Phi) is 3.63. The second-order valence-corrected chi connectivity index (χ2v) is 8.58. The molecule has 0 saturated carbocycles. The van der Waals surface area contributed by atoms with E-state index in [9.17, 15) is 4.79 Å². The minimum Gasteiger partial charge on any atom is -0.491 e. The van der Waals surface area contributed by atoms with E-state index >= 15 is 0 Å². The summed E-state index contributed by atoms with van der Waals surface area (Å²) in [4.78, 5) is 18.3. The molecule has 1 atom stereocenters. The number of likely N-dealkylation sites (tertiary alicyclic amines) is 1. The standard InChI is InChI=1S/C23H24N2O4/c1-24-8-6-15(7-9-24)12-25-18-5-3-2-4-16(18)23(22(25)26)13-27-19-11-21-20(10-17(19)23)28-14-29-21/h2-5,10-11,15H,6-9,12-14H2,1H3. The van der Waals surface area contributed by atoms with Crippen molar-refractivity contribution >= 4 is 11.6 Å². The van der Waals surface area contributed by atoms with Crippen LogP contribution in [0.25, 0.3) is 0 Å². The van der Waals surface area contributed by atoms with Gasteiger partial charge in [0.2, 0.25) is 12.7 Å². The van der Waals surface area contributed by atoms with Gasteiger partial charge in [-0.1, -0.05) is 18.2 Å². The third-order valence-corrected chi connectivity index (χ3v) is 6.92. The molecule has 1 unspecified atom stereocenters. The van der Waals surface area contributed by atoms with Gasteiger partial charge in [-0.3, -0.25) is 4.79 Å². The van der Waals surface area contributed by atoms with Crippen LogP contribution >= 0.6 is 0 Å². The van der Waals surface area contributed by atoms with Gasteiger partial charge in [0, 0.05) is 23.9 Å². The Labute approximate surface area is 170 Å². The second kappa shape index (κ2) is 6.13. The molecule has 150 valence electrons. The highest BCUT2D eigenvalue weighted by atomic mass is 16.7. The van der Waals surface area contributed by atoms with Gasteiger partial charge in [0.05, 0.1) is 0 Å². The van der Waals surface area contributed by atoms with E-state index in [1.807, 2.05) is 29.2 Å². The van der Waals surface area contributed by atoms with Crippen molar-refractivity contribution in [2.75, 3.05) is 45.0 Å². The Hall–Kier alpha value is -2.73. The van der Waals surface area contributed by atoms with Gasteiger partial charge in [-0.25, -0.2) is 0 Å². The van der Waals surface area contributed by atoms with E-state index in [2.05, 4.69) is 24.1 Å². The predicted molar refractivity (Wildman–Crippen MR) is 108 cm³/mol. The average Bonchev–Trinajstić information content (AvgIpc) is 3.41. The van der Waals surface area contributed by atoms with E-state index < -0.39 is 5.41 Å². The van der Waals surface area contributed by atoms with Gasteiger partial charge in [0.25, 0.3) is 0 Å². The Morgan fingerprint density at radius 3 is 2.59 bits per heavy atom. The molecule has 2 aromatic carbocycles. The van der Waals surface area contributed by atoms with Crippen molar-refractivity contribution in [2.24, 2.45) is 5.92 Å². The second-order valence-electron chi connectivity index (χ2n) is 8.58. The Bertz CT molecular complexity index is 998. The Balaban J connectivity index is 1.42. The van der Waals surface area contributed by atoms with Crippen LogP contribution in [0.3, 0.4) is 0 Å². The molecule has 29 heavy (non-hydrogen) atoms. The largest absolute Gasteiger partial charge is 0.491 e. The van der Waals surface area contributed by atoms with Crippen LogP contribution in [0, 0.1) is 5.92 Å². The first-order valence-corrected chi connectivity index (χ1v) is 10.3. The first-order chi connectivity index (χ1) is 14.2. The van der Waals surface area contributed by atoms with Crippen LogP contribution in [0.1, 0.15) is 24.0 Å². The average molecular weight is 392 g/mol. The zero-order valence-corrected chi connectivity index (χ0v) is 16.5. The van der Waals surface area contributed by atoms with Gasteiger partial charge in [-0.05, 0) is 56.6 Å². The number of carbonyl (C=O) groups is 1. The molecule has 1 fully saturated rings. The fourth-order valence-electron chi connectivity index (χ4n) is 5.25. The highest BCUT2D eigenvalue weighted by Crippen LogP contribution is 2.55. The van der Waals surface area contributed by atoms with E-state index in [1.54, 1.807) is 0 Å². The van der Waals surface area contributed by atoms with Crippen molar-refractivity contribution in [1.82, 2.24) is 4.90 Å². The van der Waals surface area contributed by atoms with Gasteiger partial charge in [0.1, 0.15) is 17.8 Å². The molecule has 6 rings (SSSR count). The molecule has 0 radical (unpaired) electrons. The molecule has 0 N–H and O–H groups in total. The molecular weight excluding hydrogens is 368 g/mol. The molecule has 1 amide bonds. The SMILES string of the molecule is CN1CCC(CN2C(=O)C3(COc4cc5c(cc43)OCO5)c3ccccc32)CC1. The number of hydrogen-bond donors (Lipinski definition) is 0. The summed E-state index contributed by atoms with van der Waals surface area (Å²) < 4.78 is 17.2. The van der Waals surface area contributed by atoms with Crippen LogP contribution in [0.2, 0.25) is 0 Å². The van der Waals surface area contributed by atoms with Crippen LogP contribution in [-0.2, 0) is 10.2 Å². The van der Waals surface area contributed by atoms with Crippen LogP contribution in [0.4, 0.5) is 5.69 Å². The number of carbonyl (C=O) groups excluding carboxylic acids is 1. The highest BCUT2D eigenvalue weighted by Gasteiger charge is 2.57. The quantitative estimate of drug-likeness (QED) is 0.787. The van der Waals surface area contributed by atoms with Crippen LogP contribution in [0.5, 0.6) is 17.2 Å². The lowest BCUT2D eigenvalue weighted by atomic mass is 9.77. The lowest BCUT2D eigenvalue weighted by Gasteiger charge is -2.32. The fourth-order valence-corrected chi connectivity index (χ4v) is 5.25. The third kappa shape index (κ3) is 2.35. The summed E-state index contributed by atoms with van der Waals surface area (Å²) in [5, 5.41) is 0. The van der Waals surface area contributed by atoms with Gasteiger partial charge >= 0.3 is 0 Å². The molecule has 6 heteroatoms. The summed E-state index contributed by atoms with van der Waals surface area (Å²) in [5.74, 6) is 2.74. The van der Waals surface area contributed by atoms with Crippen molar-refractivity contribution < 1.29 is 19.0 Å². The number of ether oxygens (including phenoxy) is 3. The summed E-state index contributed by atoms with van der Waals surface area (Å²) in [6, 6.07) is 12.0. The fraction of sp³-hybridized carbons (Fsp3) is 0.435. The number of para-hydroxylation sites is 1. The minimum atomic E-state index is -0.793. The highest BCUT2D eigenvalue weighted by molar-refractivity contribution is 6.11. The summed E-state index contributed by atoms with van der Waals surface area (Å²) >= 11 is 0. The monoisotopic (exact) mass is 392 g/mol. The number of fused-ring (bicyclic) bond motifs is 5. The van der Waals surface area contributed by atoms with Gasteiger partial charge in [-0.15, -0.1) is 0 Å². The predicted octanol–water partition coefficient (Wildman–Crippen LogP) is 2.78. The van der Waals surface area contributed by atoms with E-state index in [-0.39, 0.29) is 12.7 Å². The van der Waals surface area contributed by atoms with Crippen LogP contribution in [0.15, 0.2) is 36.4 Å². The zero-order chi connectivity index (χ0) is 19.6. The maximum atomic E-state index is 14.0. The molecule has 0 bridgehead atoms. The molecule has 1 saturated heterocycles. The number of hydrogen-bond acceptors (Lipinski definition) is 5. The maximum Gasteiger partial charge on any atom is 0.245 e. The minimum absolute atomic E-state index is 0.121. The molecule has 1 spiro atoms. The molecule has 0 aromatic heterocycles. The third-order valence-electron chi connectivity index (χ3n) is 6.92. The molecule has 4 aliphatic heterocycles. The van der Waals surface area contributed by atoms with Crippen molar-refractivity contribution in [2.45, 2.75) is 18.3 Å². The van der Waals surface area contributed by atoms with Crippen molar-refractivity contribution in [3.05, 3.63) is 47.5 Å². The van der Waals surface area contributed by atoms with E-state index in [0.29, 0.717) is 24.0 Å². The van der Waals surface area contributed by atoms with E-state index in [0.717, 1.165) is 55.0 Å². The number of amides is 1. The molecule has 0 aliphatic carbocycles. The molecule has 4 heterocycles. The number of benzene rings is 2. The van der Waals surface area contributed by atoms with E-state index in [4.69, 9.17) is 14.2 Å². The van der Waals surface area contributed by atoms with Crippen molar-refractivity contribution in [3.8, 4) is 17.2 Å². The van der Waals surface area contributed by atoms with Crippen LogP contribution in [-0.4, -0.2) is 50.9 Å². The summed E-state index contributed by atoms with van der Waals surface area (Å²) in [7, 11) is 2.17. The molecule has 6 nitrogen and oxygen atoms in total. The first-order valence-electron chi connectivity index (χ1n) is 10.3. The number of nitrogens with zero attached hydrogens (tertiary/aromatic N) is 2. The molecule has 2 aromatic rings. The zero-order valence-electron chi connectivity index (χ0n) is 16.5. The molecule has 4 aliphatic rings. The Morgan fingerprint density at radius 1 is 1.00 bits per heavy atom. The van der Waals surface area contributed by atoms with Gasteiger partial charge in [-0.2, -0.15) is 0 Å². The smallest absolute Gasteiger partial charge is 0.245 e. The first kappa shape index (κ1) is 17.2. The van der Waals surface area contributed by atoms with Gasteiger partial charge < -0.3 is 24.0 Å². The van der Waals surface area contributed by atoms with Gasteiger partial charge in [0.15, 0.2) is 11.5 Å². The number of anilines is 1. The normalized spacial score (nSPS) is 25.4. The van der Waals surface area contributed by atoms with E-state index in [1.165, 1.54) is 0 Å².